The third-order valence-corrected chi connectivity index (χ3v) is 4.06. The first kappa shape index (κ1) is 28.2. The van der Waals surface area contributed by atoms with Crippen molar-refractivity contribution in [2.45, 2.75) is 63.2 Å². The molecule has 0 spiro atoms. The molecule has 4 atom stereocenters. The number of hydrogen-bond acceptors (Lipinski definition) is 8. The third kappa shape index (κ3) is 11.4. The zero-order valence-electron chi connectivity index (χ0n) is 17.2. The Morgan fingerprint density at radius 1 is 0.750 bits per heavy atom. The van der Waals surface area contributed by atoms with Crippen molar-refractivity contribution in [1.29, 1.82) is 0 Å². The van der Waals surface area contributed by atoms with Crippen LogP contribution in [0.1, 0.15) is 39.0 Å². The zero-order valence-corrected chi connectivity index (χ0v) is 17.2. The Kier molecular flexibility index (Phi) is 11.9. The molecule has 0 bridgehead atoms. The highest BCUT2D eigenvalue weighted by Crippen LogP contribution is 2.03. The van der Waals surface area contributed by atoms with Crippen LogP contribution in [0.2, 0.25) is 0 Å². The van der Waals surface area contributed by atoms with Gasteiger partial charge in [0.1, 0.15) is 18.1 Å². The monoisotopic (exact) mass is 461 g/mol. The molecule has 0 rings (SSSR count). The highest BCUT2D eigenvalue weighted by atomic mass is 16.4. The lowest BCUT2D eigenvalue weighted by atomic mass is 10.1. The van der Waals surface area contributed by atoms with Crippen molar-refractivity contribution in [2.75, 3.05) is 0 Å². The SMILES string of the molecule is CC(NC(=O)C(CCC(N)=O)NC(=O)C(CC(=O)O)NC(=O)C(N)CCC(=O)O)C(=O)O. The Morgan fingerprint density at radius 2 is 1.28 bits per heavy atom. The highest BCUT2D eigenvalue weighted by molar-refractivity contribution is 5.95. The number of hydrogen-bond donors (Lipinski definition) is 8. The second kappa shape index (κ2) is 13.5. The molecule has 0 aromatic heterocycles. The topological polar surface area (TPSA) is 268 Å². The van der Waals surface area contributed by atoms with Gasteiger partial charge in [-0.25, -0.2) is 0 Å². The Hall–Kier alpha value is -3.75. The van der Waals surface area contributed by atoms with Crippen molar-refractivity contribution in [1.82, 2.24) is 16.0 Å². The fourth-order valence-electron chi connectivity index (χ4n) is 2.28. The molecule has 180 valence electrons. The van der Waals surface area contributed by atoms with Gasteiger partial charge in [-0.05, 0) is 19.8 Å². The van der Waals surface area contributed by atoms with Crippen LogP contribution in [0, 0.1) is 0 Å². The van der Waals surface area contributed by atoms with E-state index in [0.717, 1.165) is 6.92 Å². The maximum absolute atomic E-state index is 12.5. The number of carbonyl (C=O) groups is 7. The van der Waals surface area contributed by atoms with Gasteiger partial charge in [0, 0.05) is 12.8 Å². The number of carbonyl (C=O) groups excluding carboxylic acids is 4. The van der Waals surface area contributed by atoms with Crippen LogP contribution in [0.15, 0.2) is 0 Å². The summed E-state index contributed by atoms with van der Waals surface area (Å²) in [6, 6.07) is -5.85. The molecule has 4 unspecified atom stereocenters. The van der Waals surface area contributed by atoms with Gasteiger partial charge >= 0.3 is 17.9 Å². The van der Waals surface area contributed by atoms with Crippen molar-refractivity contribution in [3.63, 3.8) is 0 Å². The number of aliphatic carboxylic acids is 3. The average Bonchev–Trinajstić information content (AvgIpc) is 2.67. The number of carboxylic acids is 3. The van der Waals surface area contributed by atoms with Gasteiger partial charge in [-0.1, -0.05) is 0 Å². The van der Waals surface area contributed by atoms with E-state index in [1.54, 1.807) is 0 Å². The van der Waals surface area contributed by atoms with Crippen LogP contribution >= 0.6 is 0 Å². The molecule has 0 aromatic carbocycles. The summed E-state index contributed by atoms with van der Waals surface area (Å²) < 4.78 is 0. The fraction of sp³-hybridized carbons (Fsp3) is 0.588. The van der Waals surface area contributed by atoms with Crippen molar-refractivity contribution < 1.29 is 48.9 Å². The Balaban J connectivity index is 5.40. The molecule has 0 aliphatic carbocycles. The predicted octanol–water partition coefficient (Wildman–Crippen LogP) is -3.52. The van der Waals surface area contributed by atoms with Crippen LogP contribution in [-0.2, 0) is 33.6 Å². The normalized spacial score (nSPS) is 14.2. The lowest BCUT2D eigenvalue weighted by Gasteiger charge is -2.23. The maximum atomic E-state index is 12.5. The second-order valence-electron chi connectivity index (χ2n) is 6.83. The van der Waals surface area contributed by atoms with E-state index >= 15 is 0 Å². The first-order valence-corrected chi connectivity index (χ1v) is 9.36. The molecule has 4 amide bonds. The maximum Gasteiger partial charge on any atom is 0.325 e. The van der Waals surface area contributed by atoms with Gasteiger partial charge in [0.05, 0.1) is 12.5 Å². The molecule has 0 aliphatic rings. The van der Waals surface area contributed by atoms with E-state index in [0.29, 0.717) is 0 Å². The standard InChI is InChI=1S/C17H27N5O10/c1-7(17(31)32)20-15(29)9(3-4-11(19)23)21-16(30)10(6-13(26)27)22-14(28)8(18)2-5-12(24)25/h7-10H,2-6,18H2,1H3,(H2,19,23)(H,20,29)(H,21,30)(H,22,28)(H,24,25)(H,26,27)(H,31,32). The lowest BCUT2D eigenvalue weighted by Crippen LogP contribution is -2.57. The molecule has 0 aliphatic heterocycles. The van der Waals surface area contributed by atoms with Gasteiger partial charge in [0.25, 0.3) is 0 Å². The summed E-state index contributed by atoms with van der Waals surface area (Å²) in [5.41, 5.74) is 10.6. The first-order valence-electron chi connectivity index (χ1n) is 9.36. The summed E-state index contributed by atoms with van der Waals surface area (Å²) >= 11 is 0. The van der Waals surface area contributed by atoms with Crippen LogP contribution < -0.4 is 27.4 Å². The van der Waals surface area contributed by atoms with Crippen LogP contribution in [0.3, 0.4) is 0 Å². The van der Waals surface area contributed by atoms with Crippen molar-refractivity contribution in [3.8, 4) is 0 Å². The number of carboxylic acid groups (broad SMARTS) is 3. The van der Waals surface area contributed by atoms with Gasteiger partial charge < -0.3 is 42.7 Å². The van der Waals surface area contributed by atoms with Crippen molar-refractivity contribution >= 4 is 41.5 Å². The zero-order chi connectivity index (χ0) is 25.0. The van der Waals surface area contributed by atoms with Gasteiger partial charge in [-0.3, -0.25) is 33.6 Å². The van der Waals surface area contributed by atoms with E-state index in [-0.39, 0.29) is 19.3 Å². The third-order valence-electron chi connectivity index (χ3n) is 4.06. The van der Waals surface area contributed by atoms with E-state index in [1.165, 1.54) is 0 Å². The highest BCUT2D eigenvalue weighted by Gasteiger charge is 2.31. The lowest BCUT2D eigenvalue weighted by molar-refractivity contribution is -0.143. The van der Waals surface area contributed by atoms with Gasteiger partial charge in [0.2, 0.25) is 23.6 Å². The molecule has 15 heteroatoms. The minimum absolute atomic E-state index is 0.278. The molecule has 0 saturated heterocycles. The van der Waals surface area contributed by atoms with Crippen LogP contribution in [0.4, 0.5) is 0 Å². The predicted molar refractivity (Wildman–Crippen MR) is 105 cm³/mol. The molecule has 0 saturated carbocycles. The van der Waals surface area contributed by atoms with Crippen LogP contribution in [0.5, 0.6) is 0 Å². The van der Waals surface area contributed by atoms with Crippen LogP contribution in [0.25, 0.3) is 0 Å². The number of primary amides is 1. The van der Waals surface area contributed by atoms with Crippen molar-refractivity contribution in [2.24, 2.45) is 11.5 Å². The summed E-state index contributed by atoms with van der Waals surface area (Å²) in [5, 5.41) is 32.9. The van der Waals surface area contributed by atoms with E-state index in [2.05, 4.69) is 16.0 Å². The summed E-state index contributed by atoms with van der Waals surface area (Å²) in [7, 11) is 0. The molecule has 15 nitrogen and oxygen atoms in total. The number of nitrogens with one attached hydrogen (secondary N) is 3. The number of amides is 4. The van der Waals surface area contributed by atoms with Crippen molar-refractivity contribution in [3.05, 3.63) is 0 Å². The minimum Gasteiger partial charge on any atom is -0.481 e. The molecule has 32 heavy (non-hydrogen) atoms. The Morgan fingerprint density at radius 3 is 1.75 bits per heavy atom. The summed E-state index contributed by atoms with van der Waals surface area (Å²) in [4.78, 5) is 80.6. The summed E-state index contributed by atoms with van der Waals surface area (Å²) in [6.07, 6.45) is -2.32. The Labute approximate surface area is 181 Å². The molecular weight excluding hydrogens is 434 g/mol. The average molecular weight is 461 g/mol. The molecule has 10 N–H and O–H groups in total. The Bertz CT molecular complexity index is 756. The molecule has 0 aromatic rings. The van der Waals surface area contributed by atoms with Gasteiger partial charge in [0.15, 0.2) is 0 Å². The molecular formula is C17H27N5O10. The smallest absolute Gasteiger partial charge is 0.325 e. The fourth-order valence-corrected chi connectivity index (χ4v) is 2.28. The molecule has 0 heterocycles. The number of rotatable bonds is 15. The minimum atomic E-state index is -1.70. The summed E-state index contributed by atoms with van der Waals surface area (Å²) in [5.74, 6) is -7.99. The quantitative estimate of drug-likeness (QED) is 0.118. The molecule has 0 fully saturated rings. The van der Waals surface area contributed by atoms with Gasteiger partial charge in [-0.2, -0.15) is 0 Å². The van der Waals surface area contributed by atoms with E-state index in [4.69, 9.17) is 26.8 Å². The largest absolute Gasteiger partial charge is 0.481 e. The number of nitrogens with two attached hydrogens (primary N) is 2. The van der Waals surface area contributed by atoms with E-state index < -0.39 is 78.5 Å². The second-order valence-corrected chi connectivity index (χ2v) is 6.83. The first-order chi connectivity index (χ1) is 14.7. The molecule has 0 radical (unpaired) electrons. The van der Waals surface area contributed by atoms with E-state index in [1.807, 2.05) is 0 Å². The van der Waals surface area contributed by atoms with Gasteiger partial charge in [-0.15, -0.1) is 0 Å². The van der Waals surface area contributed by atoms with Crippen LogP contribution in [-0.4, -0.2) is 81.0 Å². The van der Waals surface area contributed by atoms with E-state index in [9.17, 15) is 33.6 Å². The summed E-state index contributed by atoms with van der Waals surface area (Å²) in [6.45, 7) is 1.15.